The summed E-state index contributed by atoms with van der Waals surface area (Å²) in [5.74, 6) is 2.28. The number of rotatable bonds is 7. The molecule has 27 heavy (non-hydrogen) atoms. The minimum atomic E-state index is -0.403. The van der Waals surface area contributed by atoms with Crippen molar-refractivity contribution in [2.24, 2.45) is 4.99 Å². The molecule has 0 aliphatic heterocycles. The monoisotopic (exact) mass is 487 g/mol. The fraction of sp³-hybridized carbons (Fsp3) is 0.368. The van der Waals surface area contributed by atoms with Crippen LogP contribution < -0.4 is 15.4 Å². The van der Waals surface area contributed by atoms with Crippen LogP contribution in [0.4, 0.5) is 0 Å². The number of nitrogens with one attached hydrogen (secondary N) is 2. The van der Waals surface area contributed by atoms with E-state index in [1.54, 1.807) is 27.1 Å². The van der Waals surface area contributed by atoms with Crippen molar-refractivity contribution in [2.75, 3.05) is 27.8 Å². The molecule has 0 unspecified atom stereocenters. The third-order valence-corrected chi connectivity index (χ3v) is 3.89. The van der Waals surface area contributed by atoms with Gasteiger partial charge in [-0.25, -0.2) is 4.79 Å². The van der Waals surface area contributed by atoms with Crippen molar-refractivity contribution in [2.45, 2.75) is 19.9 Å². The van der Waals surface area contributed by atoms with E-state index in [0.717, 1.165) is 18.7 Å². The number of hydrogen-bond donors (Lipinski definition) is 2. The molecule has 0 fully saturated rings. The van der Waals surface area contributed by atoms with Crippen LogP contribution in [-0.4, -0.2) is 39.7 Å². The second kappa shape index (κ2) is 11.5. The van der Waals surface area contributed by atoms with Crippen molar-refractivity contribution in [1.82, 2.24) is 10.6 Å². The fourth-order valence-electron chi connectivity index (χ4n) is 2.45. The highest BCUT2D eigenvalue weighted by atomic mass is 127. The predicted molar refractivity (Wildman–Crippen MR) is 115 cm³/mol. The number of hydrogen-bond acceptors (Lipinski definition) is 5. The first-order valence-electron chi connectivity index (χ1n) is 8.32. The normalized spacial score (nSPS) is 10.7. The van der Waals surface area contributed by atoms with E-state index in [-0.39, 0.29) is 24.0 Å². The summed E-state index contributed by atoms with van der Waals surface area (Å²) in [5.41, 5.74) is 1.64. The maximum atomic E-state index is 11.6. The lowest BCUT2D eigenvalue weighted by Crippen LogP contribution is -2.37. The van der Waals surface area contributed by atoms with E-state index in [0.29, 0.717) is 29.6 Å². The lowest BCUT2D eigenvalue weighted by atomic mass is 10.1. The number of benzene rings is 1. The van der Waals surface area contributed by atoms with Gasteiger partial charge in [0.25, 0.3) is 0 Å². The molecule has 0 spiro atoms. The number of halogens is 1. The second-order valence-corrected chi connectivity index (χ2v) is 5.62. The Kier molecular flexibility index (Phi) is 9.70. The van der Waals surface area contributed by atoms with E-state index in [9.17, 15) is 4.79 Å². The number of aryl methyl sites for hydroxylation is 1. The van der Waals surface area contributed by atoms with Crippen molar-refractivity contribution in [3.8, 4) is 5.75 Å². The Morgan fingerprint density at radius 3 is 2.48 bits per heavy atom. The Labute approximate surface area is 176 Å². The van der Waals surface area contributed by atoms with Crippen LogP contribution in [0.15, 0.2) is 39.7 Å². The molecule has 7 nitrogen and oxygen atoms in total. The summed E-state index contributed by atoms with van der Waals surface area (Å²) in [7, 11) is 4.71. The van der Waals surface area contributed by atoms with E-state index in [1.165, 1.54) is 12.7 Å². The zero-order chi connectivity index (χ0) is 18.9. The fourth-order valence-corrected chi connectivity index (χ4v) is 2.45. The number of carbonyl (C=O) groups is 1. The molecule has 0 bridgehead atoms. The summed E-state index contributed by atoms with van der Waals surface area (Å²) < 4.78 is 15.4. The summed E-state index contributed by atoms with van der Waals surface area (Å²) in [4.78, 5) is 15.8. The van der Waals surface area contributed by atoms with E-state index in [2.05, 4.69) is 15.6 Å². The number of aliphatic imine (C=N–C) groups is 1. The van der Waals surface area contributed by atoms with Gasteiger partial charge in [0, 0.05) is 13.6 Å². The summed E-state index contributed by atoms with van der Waals surface area (Å²) >= 11 is 0. The van der Waals surface area contributed by atoms with E-state index in [4.69, 9.17) is 13.9 Å². The van der Waals surface area contributed by atoms with Crippen molar-refractivity contribution < 1.29 is 18.7 Å². The zero-order valence-electron chi connectivity index (χ0n) is 16.0. The predicted octanol–water partition coefficient (Wildman–Crippen LogP) is 2.91. The lowest BCUT2D eigenvalue weighted by molar-refractivity contribution is 0.0599. The van der Waals surface area contributed by atoms with Gasteiger partial charge in [-0.15, -0.1) is 24.0 Å². The molecule has 8 heteroatoms. The maximum Gasteiger partial charge on any atom is 0.341 e. The molecule has 1 aromatic heterocycles. The van der Waals surface area contributed by atoms with Gasteiger partial charge in [-0.3, -0.25) is 4.99 Å². The Balaban J connectivity index is 0.00000364. The summed E-state index contributed by atoms with van der Waals surface area (Å²) in [6.45, 7) is 2.88. The lowest BCUT2D eigenvalue weighted by Gasteiger charge is -2.11. The van der Waals surface area contributed by atoms with Gasteiger partial charge in [-0.1, -0.05) is 12.1 Å². The smallest absolute Gasteiger partial charge is 0.341 e. The Bertz CT molecular complexity index is 757. The van der Waals surface area contributed by atoms with Crippen LogP contribution in [0.25, 0.3) is 0 Å². The van der Waals surface area contributed by atoms with Gasteiger partial charge >= 0.3 is 5.97 Å². The van der Waals surface area contributed by atoms with Crippen LogP contribution >= 0.6 is 24.0 Å². The molecule has 0 saturated heterocycles. The van der Waals surface area contributed by atoms with Gasteiger partial charge in [0.1, 0.15) is 22.8 Å². The van der Waals surface area contributed by atoms with Gasteiger partial charge in [0.2, 0.25) is 0 Å². The zero-order valence-corrected chi connectivity index (χ0v) is 18.3. The molecular formula is C19H26IN3O4. The number of guanidine groups is 1. The Hall–Kier alpha value is -2.23. The third-order valence-electron chi connectivity index (χ3n) is 3.89. The second-order valence-electron chi connectivity index (χ2n) is 5.62. The van der Waals surface area contributed by atoms with E-state index in [1.807, 2.05) is 24.3 Å². The molecule has 148 valence electrons. The summed E-state index contributed by atoms with van der Waals surface area (Å²) in [6, 6.07) is 9.65. The molecule has 2 N–H and O–H groups in total. The van der Waals surface area contributed by atoms with Crippen LogP contribution in [-0.2, 0) is 17.7 Å². The molecule has 0 saturated carbocycles. The first kappa shape index (κ1) is 22.8. The molecule has 2 aromatic rings. The van der Waals surface area contributed by atoms with Gasteiger partial charge in [0.05, 0.1) is 20.8 Å². The molecule has 1 heterocycles. The van der Waals surface area contributed by atoms with Gasteiger partial charge < -0.3 is 24.5 Å². The number of carbonyl (C=O) groups excluding carboxylic acids is 1. The number of methoxy groups -OCH3 is 2. The Morgan fingerprint density at radius 1 is 1.19 bits per heavy atom. The van der Waals surface area contributed by atoms with Crippen LogP contribution in [0.1, 0.15) is 27.4 Å². The number of nitrogens with zero attached hydrogens (tertiary/aromatic N) is 1. The van der Waals surface area contributed by atoms with Gasteiger partial charge in [-0.2, -0.15) is 0 Å². The maximum absolute atomic E-state index is 11.6. The number of furan rings is 1. The van der Waals surface area contributed by atoms with Crippen LogP contribution in [0.5, 0.6) is 5.75 Å². The van der Waals surface area contributed by atoms with E-state index >= 15 is 0 Å². The van der Waals surface area contributed by atoms with Crippen LogP contribution in [0, 0.1) is 6.92 Å². The SMILES string of the molecule is CN=C(NCCc1ccc(OC)cc1)NCc1cc(C(=O)OC)c(C)o1.I. The topological polar surface area (TPSA) is 85.1 Å². The van der Waals surface area contributed by atoms with Crippen LogP contribution in [0.3, 0.4) is 0 Å². The highest BCUT2D eigenvalue weighted by Crippen LogP contribution is 2.15. The standard InChI is InChI=1S/C19H25N3O4.HI/c1-13-17(18(23)25-4)11-16(26-13)12-22-19(20-2)21-10-9-14-5-7-15(24-3)8-6-14;/h5-8,11H,9-10,12H2,1-4H3,(H2,20,21,22);1H. The molecule has 0 amide bonds. The average molecular weight is 487 g/mol. The third kappa shape index (κ3) is 6.78. The first-order valence-corrected chi connectivity index (χ1v) is 8.32. The van der Waals surface area contributed by atoms with Crippen molar-refractivity contribution in [1.29, 1.82) is 0 Å². The van der Waals surface area contributed by atoms with Gasteiger partial charge in [-0.05, 0) is 37.1 Å². The molecule has 0 atom stereocenters. The van der Waals surface area contributed by atoms with Crippen molar-refractivity contribution >= 4 is 35.9 Å². The van der Waals surface area contributed by atoms with E-state index < -0.39 is 5.97 Å². The summed E-state index contributed by atoms with van der Waals surface area (Å²) in [5, 5.41) is 6.41. The number of ether oxygens (including phenoxy) is 2. The molecule has 0 radical (unpaired) electrons. The molecule has 2 rings (SSSR count). The largest absolute Gasteiger partial charge is 0.497 e. The average Bonchev–Trinajstić information content (AvgIpc) is 3.05. The molecule has 1 aromatic carbocycles. The highest BCUT2D eigenvalue weighted by molar-refractivity contribution is 14.0. The molecular weight excluding hydrogens is 461 g/mol. The Morgan fingerprint density at radius 2 is 1.89 bits per heavy atom. The number of esters is 1. The summed E-state index contributed by atoms with van der Waals surface area (Å²) in [6.07, 6.45) is 0.858. The quantitative estimate of drug-likeness (QED) is 0.271. The van der Waals surface area contributed by atoms with Crippen molar-refractivity contribution in [3.05, 3.63) is 53.0 Å². The molecule has 0 aliphatic rings. The highest BCUT2D eigenvalue weighted by Gasteiger charge is 2.15. The van der Waals surface area contributed by atoms with Gasteiger partial charge in [0.15, 0.2) is 5.96 Å². The van der Waals surface area contributed by atoms with Crippen LogP contribution in [0.2, 0.25) is 0 Å². The minimum Gasteiger partial charge on any atom is -0.497 e. The first-order chi connectivity index (χ1) is 12.6. The minimum absolute atomic E-state index is 0. The van der Waals surface area contributed by atoms with Crippen molar-refractivity contribution in [3.63, 3.8) is 0 Å². The molecule has 0 aliphatic carbocycles.